The third kappa shape index (κ3) is 9.53. The maximum Gasteiger partial charge on any atom is 0.408 e. The van der Waals surface area contributed by atoms with Crippen LogP contribution < -0.4 is 20.7 Å². The molecule has 0 bridgehead atoms. The van der Waals surface area contributed by atoms with Crippen molar-refractivity contribution in [2.45, 2.75) is 149 Å². The van der Waals surface area contributed by atoms with Crippen molar-refractivity contribution in [1.29, 1.82) is 0 Å². The van der Waals surface area contributed by atoms with Gasteiger partial charge in [-0.3, -0.25) is 14.4 Å². The van der Waals surface area contributed by atoms with Crippen molar-refractivity contribution in [3.63, 3.8) is 0 Å². The highest BCUT2D eigenvalue weighted by Crippen LogP contribution is 2.46. The Balaban J connectivity index is 0.00000300. The number of pyridine rings is 1. The molecule has 7 rings (SSSR count). The van der Waals surface area contributed by atoms with E-state index in [-0.39, 0.29) is 57.6 Å². The predicted octanol–water partition coefficient (Wildman–Crippen LogP) is 8.13. The molecule has 2 aliphatic heterocycles. The van der Waals surface area contributed by atoms with E-state index in [0.717, 1.165) is 73.0 Å². The maximum absolute atomic E-state index is 14.6. The third-order valence-electron chi connectivity index (χ3n) is 11.1. The zero-order valence-corrected chi connectivity index (χ0v) is 32.5. The Morgan fingerprint density at radius 3 is 2.52 bits per heavy atom. The van der Waals surface area contributed by atoms with Crippen LogP contribution in [0.15, 0.2) is 41.8 Å². The summed E-state index contributed by atoms with van der Waals surface area (Å²) in [6.45, 7) is 7.76. The predicted molar refractivity (Wildman–Crippen MR) is 222 cm³/mol. The van der Waals surface area contributed by atoms with Gasteiger partial charge in [0.25, 0.3) is 0 Å². The van der Waals surface area contributed by atoms with Crippen LogP contribution in [-0.4, -0.2) is 81.0 Å². The second-order valence-electron chi connectivity index (χ2n) is 15.7. The van der Waals surface area contributed by atoms with E-state index in [0.29, 0.717) is 30.0 Å². The van der Waals surface area contributed by atoms with E-state index in [1.807, 2.05) is 42.6 Å². The van der Waals surface area contributed by atoms with Crippen molar-refractivity contribution in [2.75, 3.05) is 11.9 Å². The van der Waals surface area contributed by atoms with E-state index < -0.39 is 35.7 Å². The van der Waals surface area contributed by atoms with E-state index in [2.05, 4.69) is 35.9 Å². The lowest BCUT2D eigenvalue weighted by atomic mass is 10.0. The number of aromatic nitrogens is 2. The molecule has 3 aromatic rings. The van der Waals surface area contributed by atoms with Gasteiger partial charge in [0.05, 0.1) is 17.8 Å². The van der Waals surface area contributed by atoms with E-state index >= 15 is 0 Å². The first-order valence-corrected chi connectivity index (χ1v) is 20.4. The molecule has 1 saturated heterocycles. The van der Waals surface area contributed by atoms with Crippen LogP contribution in [0.4, 0.5) is 9.93 Å². The van der Waals surface area contributed by atoms with Gasteiger partial charge in [-0.25, -0.2) is 14.8 Å². The first kappa shape index (κ1) is 42.6. The number of amides is 3. The van der Waals surface area contributed by atoms with E-state index in [9.17, 15) is 19.2 Å². The van der Waals surface area contributed by atoms with Crippen LogP contribution in [0.25, 0.3) is 22.3 Å². The number of allylic oxidation sites excluding steroid dienone is 1. The minimum absolute atomic E-state index is 0. The molecule has 13 heteroatoms. The van der Waals surface area contributed by atoms with Gasteiger partial charge in [-0.2, -0.15) is 0 Å². The first-order valence-electron chi connectivity index (χ1n) is 19.6. The Kier molecular flexibility index (Phi) is 13.8. The Labute approximate surface area is 335 Å². The van der Waals surface area contributed by atoms with Gasteiger partial charge in [-0.15, -0.1) is 11.3 Å². The van der Waals surface area contributed by atoms with Crippen LogP contribution in [0.1, 0.15) is 112 Å². The molecule has 2 aliphatic carbocycles. The number of benzene rings is 1. The molecule has 5 atom stereocenters. The average Bonchev–Trinajstić information content (AvgIpc) is 3.55. The number of Topliss-reactive ketones (excluding diaryl/α,β-unsaturated/α-hetero) is 1. The molecule has 3 N–H and O–H groups in total. The normalized spacial score (nSPS) is 26.1. The van der Waals surface area contributed by atoms with Crippen molar-refractivity contribution in [3.05, 3.63) is 47.4 Å². The summed E-state index contributed by atoms with van der Waals surface area (Å²) in [4.78, 5) is 66.3. The fourth-order valence-electron chi connectivity index (χ4n) is 8.09. The molecule has 4 aliphatic rings. The SMILES string of the molecule is C.C.CC(=O)[C@@]12C[C@H]1/C=C\CCCCC[C@H](NC(=O)OC1CCCC1)C(=O)N1C[C@H](Oc3cc(-c4csc(NC(C)C)n4)nc4cc(C)ccc34)C[C@H]1C(=O)N2. The number of aryl methyl sites for hydroxylation is 1. The zero-order valence-electron chi connectivity index (χ0n) is 31.7. The third-order valence-corrected chi connectivity index (χ3v) is 11.9. The average molecular weight is 789 g/mol. The lowest BCUT2D eigenvalue weighted by molar-refractivity contribution is -0.141. The zero-order chi connectivity index (χ0) is 38.0. The molecule has 56 heavy (non-hydrogen) atoms. The second-order valence-corrected chi connectivity index (χ2v) is 16.6. The molecule has 4 heterocycles. The second kappa shape index (κ2) is 18.2. The summed E-state index contributed by atoms with van der Waals surface area (Å²) in [5, 5.41) is 12.9. The number of carbonyl (C=O) groups excluding carboxylic acids is 4. The molecule has 0 radical (unpaired) electrons. The Bertz CT molecular complexity index is 1920. The van der Waals surface area contributed by atoms with Gasteiger partial charge in [0.2, 0.25) is 11.8 Å². The van der Waals surface area contributed by atoms with Gasteiger partial charge in [-0.1, -0.05) is 45.9 Å². The Hall–Kier alpha value is -4.52. The van der Waals surface area contributed by atoms with Crippen LogP contribution in [0.5, 0.6) is 5.75 Å². The maximum atomic E-state index is 14.6. The highest BCUT2D eigenvalue weighted by atomic mass is 32.1. The van der Waals surface area contributed by atoms with Gasteiger partial charge < -0.3 is 30.3 Å². The van der Waals surface area contributed by atoms with Crippen LogP contribution in [0, 0.1) is 12.8 Å². The fourth-order valence-corrected chi connectivity index (χ4v) is 8.95. The molecule has 1 aromatic carbocycles. The first-order chi connectivity index (χ1) is 26.0. The number of ketones is 1. The number of anilines is 1. The molecule has 0 spiro atoms. The van der Waals surface area contributed by atoms with Crippen LogP contribution in [-0.2, 0) is 19.1 Å². The van der Waals surface area contributed by atoms with Gasteiger partial charge in [0.15, 0.2) is 10.9 Å². The quantitative estimate of drug-likeness (QED) is 0.192. The minimum Gasteiger partial charge on any atom is -0.488 e. The van der Waals surface area contributed by atoms with Crippen LogP contribution >= 0.6 is 11.3 Å². The van der Waals surface area contributed by atoms with Crippen molar-refractivity contribution < 1.29 is 28.7 Å². The van der Waals surface area contributed by atoms with Crippen LogP contribution in [0.2, 0.25) is 0 Å². The summed E-state index contributed by atoms with van der Waals surface area (Å²) in [7, 11) is 0. The monoisotopic (exact) mass is 788 g/mol. The number of hydrogen-bond acceptors (Lipinski definition) is 10. The molecular formula is C43H60N6O6S. The number of rotatable bonds is 8. The summed E-state index contributed by atoms with van der Waals surface area (Å²) >= 11 is 1.51. The molecule has 0 unspecified atom stereocenters. The Morgan fingerprint density at radius 1 is 1.00 bits per heavy atom. The minimum atomic E-state index is -0.991. The number of hydrogen-bond donors (Lipinski definition) is 3. The molecular weight excluding hydrogens is 729 g/mol. The van der Waals surface area contributed by atoms with E-state index in [1.54, 1.807) is 4.90 Å². The molecule has 2 saturated carbocycles. The number of carbonyl (C=O) groups is 4. The lowest BCUT2D eigenvalue weighted by Crippen LogP contribution is -2.56. The summed E-state index contributed by atoms with van der Waals surface area (Å²) < 4.78 is 12.5. The number of ether oxygens (including phenoxy) is 2. The van der Waals surface area contributed by atoms with Crippen molar-refractivity contribution in [3.8, 4) is 17.1 Å². The van der Waals surface area contributed by atoms with Crippen molar-refractivity contribution >= 4 is 51.1 Å². The number of nitrogens with one attached hydrogen (secondary N) is 3. The molecule has 3 fully saturated rings. The highest BCUT2D eigenvalue weighted by molar-refractivity contribution is 7.14. The van der Waals surface area contributed by atoms with Gasteiger partial charge in [0.1, 0.15) is 41.3 Å². The van der Waals surface area contributed by atoms with Gasteiger partial charge in [-0.05, 0) is 96.8 Å². The summed E-state index contributed by atoms with van der Waals surface area (Å²) in [5.74, 6) is -0.373. The van der Waals surface area contributed by atoms with Crippen LogP contribution in [0.3, 0.4) is 0 Å². The summed E-state index contributed by atoms with van der Waals surface area (Å²) in [6, 6.07) is 6.29. The van der Waals surface area contributed by atoms with Gasteiger partial charge >= 0.3 is 6.09 Å². The number of fused-ring (bicyclic) bond motifs is 3. The van der Waals surface area contributed by atoms with Crippen molar-refractivity contribution in [2.24, 2.45) is 5.92 Å². The summed E-state index contributed by atoms with van der Waals surface area (Å²) in [5.41, 5.74) is 2.17. The largest absolute Gasteiger partial charge is 0.488 e. The van der Waals surface area contributed by atoms with Gasteiger partial charge in [0, 0.05) is 35.2 Å². The number of thiazole rings is 1. The molecule has 3 amide bonds. The van der Waals surface area contributed by atoms with E-state index in [1.165, 1.54) is 18.3 Å². The van der Waals surface area contributed by atoms with Crippen molar-refractivity contribution in [1.82, 2.24) is 25.5 Å². The fraction of sp³-hybridized carbons (Fsp3) is 0.581. The highest BCUT2D eigenvalue weighted by Gasteiger charge is 2.59. The smallest absolute Gasteiger partial charge is 0.408 e. The lowest BCUT2D eigenvalue weighted by Gasteiger charge is -2.29. The number of alkyl carbamates (subject to hydrolysis) is 1. The Morgan fingerprint density at radius 2 is 1.77 bits per heavy atom. The molecule has 12 nitrogen and oxygen atoms in total. The molecule has 304 valence electrons. The van der Waals surface area contributed by atoms with E-state index in [4.69, 9.17) is 19.4 Å². The summed E-state index contributed by atoms with van der Waals surface area (Å²) in [6.07, 6.45) is 10.9. The molecule has 2 aromatic heterocycles. The standard InChI is InChI=1S/C41H52N6O6S.2CH4/c1-24(2)42-39-44-34(23-54-39)33-20-36(30-17-16-25(3)18-32(30)43-33)52-29-19-35-37(49)46-41(26(4)48)21-27(41)12-8-6-5-7-9-15-31(38(50)47(35)22-29)45-40(51)53-28-13-10-11-14-28;;/h8,12,16-18,20,23-24,27-29,31,35H,5-7,9-11,13-15,19,21-22H2,1-4H3,(H,42,44)(H,45,51)(H,46,49);2*1H4/b12-8-;;/t27-,29-,31+,35+,41+;;/m1../s1. The number of nitrogens with zero attached hydrogens (tertiary/aromatic N) is 3. The topological polar surface area (TPSA) is 152 Å².